The third-order valence-corrected chi connectivity index (χ3v) is 1.21. The third kappa shape index (κ3) is 2.63. The number of rotatable bonds is 2. The van der Waals surface area contributed by atoms with Crippen molar-refractivity contribution in [1.82, 2.24) is 0 Å². The van der Waals surface area contributed by atoms with Gasteiger partial charge in [-0.1, -0.05) is 30.3 Å². The second-order valence-electron chi connectivity index (χ2n) is 2.02. The van der Waals surface area contributed by atoms with Gasteiger partial charge in [-0.2, -0.15) is 0 Å². The summed E-state index contributed by atoms with van der Waals surface area (Å²) in [5.41, 5.74) is 6.00. The van der Waals surface area contributed by atoms with Crippen LogP contribution in [-0.4, -0.2) is 0 Å². The quantitative estimate of drug-likeness (QED) is 0.502. The highest BCUT2D eigenvalue weighted by Crippen LogP contribution is 1.98. The maximum atomic E-state index is 4.91. The number of hydrogen-bond donors (Lipinski definition) is 1. The van der Waals surface area contributed by atoms with E-state index in [1.165, 1.54) is 0 Å². The molecule has 0 aliphatic heterocycles. The van der Waals surface area contributed by atoms with Gasteiger partial charge < -0.3 is 10.5 Å². The van der Waals surface area contributed by atoms with Crippen LogP contribution in [0.1, 0.15) is 5.56 Å². The van der Waals surface area contributed by atoms with E-state index in [2.05, 4.69) is 12.2 Å². The molecule has 0 atom stereocenters. The molecule has 0 radical (unpaired) electrons. The summed E-state index contributed by atoms with van der Waals surface area (Å²) in [7, 11) is 0. The summed E-state index contributed by atoms with van der Waals surface area (Å²) in [5.74, 6) is 0. The lowest BCUT2D eigenvalue weighted by Gasteiger charge is -1.95. The van der Waals surface area contributed by atoms with Gasteiger partial charge >= 0.3 is 0 Å². The third-order valence-electron chi connectivity index (χ3n) is 1.21. The Morgan fingerprint density at radius 1 is 1.27 bits per heavy atom. The maximum absolute atomic E-state index is 4.91. The Morgan fingerprint density at radius 2 is 2.00 bits per heavy atom. The predicted octanol–water partition coefficient (Wildman–Crippen LogP) is 1.08. The molecule has 2 heteroatoms. The molecule has 0 aliphatic carbocycles. The summed E-state index contributed by atoms with van der Waals surface area (Å²) in [5, 5.41) is 0. The Bertz CT molecular complexity index is 258. The highest BCUT2D eigenvalue weighted by molar-refractivity contribution is 5.13. The van der Waals surface area contributed by atoms with Crippen LogP contribution in [0.25, 0.3) is 0 Å². The van der Waals surface area contributed by atoms with Crippen LogP contribution in [0.2, 0.25) is 0 Å². The van der Waals surface area contributed by atoms with E-state index in [1.807, 2.05) is 30.3 Å². The SMILES string of the molecule is NC#COCc1ccccc1. The molecule has 0 aliphatic rings. The van der Waals surface area contributed by atoms with Gasteiger partial charge in [-0.25, -0.2) is 0 Å². The lowest BCUT2D eigenvalue weighted by molar-refractivity contribution is 0.264. The summed E-state index contributed by atoms with van der Waals surface area (Å²) in [6.07, 6.45) is 2.32. The van der Waals surface area contributed by atoms with Crippen LogP contribution in [0.15, 0.2) is 30.3 Å². The molecule has 0 saturated carbocycles. The first-order valence-electron chi connectivity index (χ1n) is 3.30. The van der Waals surface area contributed by atoms with Crippen LogP contribution in [0.4, 0.5) is 0 Å². The number of nitrogens with two attached hydrogens (primary N) is 1. The summed E-state index contributed by atoms with van der Waals surface area (Å²) >= 11 is 0. The molecular formula is C9H9NO. The van der Waals surface area contributed by atoms with Crippen molar-refractivity contribution in [3.63, 3.8) is 0 Å². The van der Waals surface area contributed by atoms with Crippen LogP contribution in [-0.2, 0) is 11.3 Å². The Morgan fingerprint density at radius 3 is 2.64 bits per heavy atom. The highest BCUT2D eigenvalue weighted by atomic mass is 16.5. The Hall–Kier alpha value is -1.62. The minimum absolute atomic E-state index is 0.491. The molecule has 0 heterocycles. The summed E-state index contributed by atoms with van der Waals surface area (Å²) in [6.45, 7) is 0.491. The molecule has 1 aromatic rings. The largest absolute Gasteiger partial charge is 0.441 e. The molecule has 0 unspecified atom stereocenters. The molecule has 0 bridgehead atoms. The average Bonchev–Trinajstić information content (AvgIpc) is 2.07. The van der Waals surface area contributed by atoms with Gasteiger partial charge in [0.15, 0.2) is 0 Å². The van der Waals surface area contributed by atoms with Gasteiger partial charge in [0.05, 0.1) is 0 Å². The van der Waals surface area contributed by atoms with Crippen LogP contribution in [0, 0.1) is 12.2 Å². The van der Waals surface area contributed by atoms with Crippen molar-refractivity contribution in [2.24, 2.45) is 5.73 Å². The van der Waals surface area contributed by atoms with Crippen molar-refractivity contribution >= 4 is 0 Å². The molecule has 2 nitrogen and oxygen atoms in total. The van der Waals surface area contributed by atoms with E-state index in [9.17, 15) is 0 Å². The maximum Gasteiger partial charge on any atom is 0.133 e. The van der Waals surface area contributed by atoms with Gasteiger partial charge in [0.25, 0.3) is 0 Å². The van der Waals surface area contributed by atoms with Crippen LogP contribution < -0.4 is 5.73 Å². The predicted molar refractivity (Wildman–Crippen MR) is 43.2 cm³/mol. The van der Waals surface area contributed by atoms with Crippen molar-refractivity contribution in [3.8, 4) is 12.2 Å². The van der Waals surface area contributed by atoms with Crippen molar-refractivity contribution in [3.05, 3.63) is 35.9 Å². The van der Waals surface area contributed by atoms with Gasteiger partial charge in [0.2, 0.25) is 0 Å². The lowest BCUT2D eigenvalue weighted by Crippen LogP contribution is -1.86. The standard InChI is InChI=1S/C9H9NO/c10-6-7-11-8-9-4-2-1-3-5-9/h1-5H,8,10H2. The van der Waals surface area contributed by atoms with Crippen LogP contribution in [0.3, 0.4) is 0 Å². The minimum atomic E-state index is 0.491. The molecule has 0 fully saturated rings. The van der Waals surface area contributed by atoms with E-state index in [0.717, 1.165) is 5.56 Å². The van der Waals surface area contributed by atoms with Crippen molar-refractivity contribution in [2.45, 2.75) is 6.61 Å². The van der Waals surface area contributed by atoms with E-state index >= 15 is 0 Å². The summed E-state index contributed by atoms with van der Waals surface area (Å²) in [4.78, 5) is 0. The zero-order valence-electron chi connectivity index (χ0n) is 6.08. The van der Waals surface area contributed by atoms with Gasteiger partial charge in [-0.3, -0.25) is 0 Å². The van der Waals surface area contributed by atoms with E-state index in [1.54, 1.807) is 0 Å². The van der Waals surface area contributed by atoms with Gasteiger partial charge in [-0.15, -0.1) is 0 Å². The van der Waals surface area contributed by atoms with Gasteiger partial charge in [0.1, 0.15) is 12.7 Å². The molecule has 2 N–H and O–H groups in total. The number of ether oxygens (including phenoxy) is 1. The summed E-state index contributed by atoms with van der Waals surface area (Å²) < 4.78 is 4.88. The molecule has 0 aromatic heterocycles. The topological polar surface area (TPSA) is 35.2 Å². The van der Waals surface area contributed by atoms with Crippen LogP contribution in [0.5, 0.6) is 0 Å². The Kier molecular flexibility index (Phi) is 2.88. The molecule has 0 amide bonds. The molecule has 1 rings (SSSR count). The molecule has 1 aromatic carbocycles. The second-order valence-corrected chi connectivity index (χ2v) is 2.02. The van der Waals surface area contributed by atoms with Gasteiger partial charge in [0, 0.05) is 6.04 Å². The van der Waals surface area contributed by atoms with E-state index in [4.69, 9.17) is 10.5 Å². The number of benzene rings is 1. The highest BCUT2D eigenvalue weighted by Gasteiger charge is 1.86. The molecule has 0 spiro atoms. The first-order chi connectivity index (χ1) is 5.43. The fraction of sp³-hybridized carbons (Fsp3) is 0.111. The molecule has 0 saturated heterocycles. The monoisotopic (exact) mass is 147 g/mol. The lowest BCUT2D eigenvalue weighted by atomic mass is 10.2. The number of hydrogen-bond acceptors (Lipinski definition) is 2. The second kappa shape index (κ2) is 4.24. The fourth-order valence-corrected chi connectivity index (χ4v) is 0.735. The zero-order chi connectivity index (χ0) is 7.94. The Labute approximate surface area is 66.0 Å². The average molecular weight is 147 g/mol. The first-order valence-corrected chi connectivity index (χ1v) is 3.30. The fourth-order valence-electron chi connectivity index (χ4n) is 0.735. The van der Waals surface area contributed by atoms with Crippen molar-refractivity contribution in [1.29, 1.82) is 0 Å². The van der Waals surface area contributed by atoms with Crippen molar-refractivity contribution in [2.75, 3.05) is 0 Å². The summed E-state index contributed by atoms with van der Waals surface area (Å²) in [6, 6.07) is 12.0. The Balaban J connectivity index is 2.43. The first kappa shape index (κ1) is 7.49. The van der Waals surface area contributed by atoms with Gasteiger partial charge in [-0.05, 0) is 5.56 Å². The molecule has 11 heavy (non-hydrogen) atoms. The van der Waals surface area contributed by atoms with Crippen molar-refractivity contribution < 1.29 is 4.74 Å². The smallest absolute Gasteiger partial charge is 0.133 e. The molecule has 56 valence electrons. The van der Waals surface area contributed by atoms with E-state index < -0.39 is 0 Å². The van der Waals surface area contributed by atoms with E-state index in [-0.39, 0.29) is 0 Å². The van der Waals surface area contributed by atoms with E-state index in [0.29, 0.717) is 6.61 Å². The molecular weight excluding hydrogens is 138 g/mol. The van der Waals surface area contributed by atoms with Crippen LogP contribution >= 0.6 is 0 Å². The normalized spacial score (nSPS) is 8.00. The minimum Gasteiger partial charge on any atom is -0.441 e. The zero-order valence-corrected chi connectivity index (χ0v) is 6.08.